The van der Waals surface area contributed by atoms with Crippen LogP contribution in [0.1, 0.15) is 208 Å². The van der Waals surface area contributed by atoms with Gasteiger partial charge in [-0.2, -0.15) is 0 Å². The van der Waals surface area contributed by atoms with E-state index in [2.05, 4.69) is 13.8 Å². The van der Waals surface area contributed by atoms with E-state index in [1.807, 2.05) is 0 Å². The molecule has 1 unspecified atom stereocenters. The first-order valence-electron chi connectivity index (χ1n) is 17.5. The quantitative estimate of drug-likeness (QED) is 0.0431. The van der Waals surface area contributed by atoms with E-state index in [-0.39, 0.29) is 31.0 Å². The molecule has 0 saturated carbocycles. The second-order valence-corrected chi connectivity index (χ2v) is 12.8. The van der Waals surface area contributed by atoms with Gasteiger partial charge in [0, 0.05) is 4.57 Å². The largest absolute Gasteiger partial charge is 1.00 e. The van der Waals surface area contributed by atoms with Crippen LogP contribution in [0, 0.1) is 0 Å². The predicted octanol–water partition coefficient (Wildman–Crippen LogP) is 10.5. The summed E-state index contributed by atoms with van der Waals surface area (Å²) in [5.74, 6) is 0. The fourth-order valence-electron chi connectivity index (χ4n) is 5.26. The van der Waals surface area contributed by atoms with E-state index in [0.29, 0.717) is 13.2 Å². The third-order valence-corrected chi connectivity index (χ3v) is 8.68. The Morgan fingerprint density at radius 3 is 0.744 bits per heavy atom. The summed E-state index contributed by atoms with van der Waals surface area (Å²) in [4.78, 5) is 0. The zero-order chi connectivity index (χ0) is 27.6. The summed E-state index contributed by atoms with van der Waals surface area (Å²) in [5, 5.41) is 0. The minimum absolute atomic E-state index is 0. The summed E-state index contributed by atoms with van der Waals surface area (Å²) >= 11 is 0. The maximum Gasteiger partial charge on any atom is 1.00 e. The van der Waals surface area contributed by atoms with Crippen molar-refractivity contribution in [1.82, 2.24) is 0 Å². The van der Waals surface area contributed by atoms with Crippen molar-refractivity contribution in [1.29, 1.82) is 0 Å². The van der Waals surface area contributed by atoms with Gasteiger partial charge in [0.2, 0.25) is 0 Å². The normalized spacial score (nSPS) is 11.6. The molecule has 0 aliphatic heterocycles. The van der Waals surface area contributed by atoms with Gasteiger partial charge in [-0.25, -0.2) is 0 Å². The minimum Gasteiger partial charge on any atom is -1.00 e. The van der Waals surface area contributed by atoms with Gasteiger partial charge in [-0.3, -0.25) is 0 Å². The van der Waals surface area contributed by atoms with E-state index in [1.165, 1.54) is 180 Å². The zero-order valence-electron chi connectivity index (χ0n) is 28.3. The molecule has 0 N–H and O–H groups in total. The first-order chi connectivity index (χ1) is 18.8. The third kappa shape index (κ3) is 39.0. The molecule has 230 valence electrons. The van der Waals surface area contributed by atoms with E-state index < -0.39 is 8.25 Å². The molecule has 0 aromatic rings. The van der Waals surface area contributed by atoms with Gasteiger partial charge >= 0.3 is 37.8 Å². The zero-order valence-corrected chi connectivity index (χ0v) is 30.2. The van der Waals surface area contributed by atoms with E-state index in [9.17, 15) is 4.57 Å². The van der Waals surface area contributed by atoms with Crippen LogP contribution in [0.4, 0.5) is 0 Å². The van der Waals surface area contributed by atoms with Gasteiger partial charge < -0.3 is 1.43 Å². The summed E-state index contributed by atoms with van der Waals surface area (Å²) in [7, 11) is -1.92. The van der Waals surface area contributed by atoms with Crippen LogP contribution in [-0.2, 0) is 13.6 Å². The predicted molar refractivity (Wildman–Crippen MR) is 170 cm³/mol. The standard InChI is InChI=1S/C34H70O3P.Na.H/c1-3-5-7-9-11-13-15-17-19-20-22-24-26-28-30-32-34-37-38(35)36-33-31-29-27-25-23-21-18-16-14-12-10-8-6-4-2;;/h3-34H2,1-2H3;;/q2*+1;-1. The Morgan fingerprint density at radius 1 is 0.359 bits per heavy atom. The van der Waals surface area contributed by atoms with Gasteiger partial charge in [-0.05, 0) is 12.8 Å². The van der Waals surface area contributed by atoms with Crippen molar-refractivity contribution in [2.45, 2.75) is 206 Å². The van der Waals surface area contributed by atoms with Crippen molar-refractivity contribution in [3.8, 4) is 0 Å². The first-order valence-corrected chi connectivity index (χ1v) is 18.6. The Morgan fingerprint density at radius 2 is 0.538 bits per heavy atom. The molecule has 5 heteroatoms. The summed E-state index contributed by atoms with van der Waals surface area (Å²) in [5.41, 5.74) is 0. The number of unbranched alkanes of at least 4 members (excludes halogenated alkanes) is 28. The second kappa shape index (κ2) is 39.0. The van der Waals surface area contributed by atoms with Crippen molar-refractivity contribution >= 4 is 8.25 Å². The van der Waals surface area contributed by atoms with Crippen molar-refractivity contribution in [3.63, 3.8) is 0 Å². The van der Waals surface area contributed by atoms with E-state index in [0.717, 1.165) is 12.8 Å². The molecule has 0 radical (unpaired) electrons. The fraction of sp³-hybridized carbons (Fsp3) is 1.00. The van der Waals surface area contributed by atoms with E-state index >= 15 is 0 Å². The molecular formula is C34H71NaO3P+. The molecule has 1 atom stereocenters. The van der Waals surface area contributed by atoms with Crippen LogP contribution in [0.3, 0.4) is 0 Å². The summed E-state index contributed by atoms with van der Waals surface area (Å²) in [6, 6.07) is 0. The van der Waals surface area contributed by atoms with Crippen molar-refractivity contribution in [3.05, 3.63) is 0 Å². The molecule has 0 rings (SSSR count). The number of rotatable bonds is 34. The number of hydrogen-bond acceptors (Lipinski definition) is 3. The molecule has 0 saturated heterocycles. The summed E-state index contributed by atoms with van der Waals surface area (Å²) in [6.45, 7) is 5.72. The third-order valence-electron chi connectivity index (χ3n) is 7.89. The maximum absolute atomic E-state index is 11.8. The van der Waals surface area contributed by atoms with Crippen LogP contribution in [0.5, 0.6) is 0 Å². The monoisotopic (exact) mass is 582 g/mol. The minimum atomic E-state index is -1.92. The Hall–Kier alpha value is 1.02. The molecule has 0 aromatic heterocycles. The van der Waals surface area contributed by atoms with Crippen LogP contribution < -0.4 is 29.6 Å². The Balaban J connectivity index is -0.00000684. The van der Waals surface area contributed by atoms with Crippen molar-refractivity contribution in [2.24, 2.45) is 0 Å². The molecule has 0 aromatic carbocycles. The molecule has 0 heterocycles. The van der Waals surface area contributed by atoms with Gasteiger partial charge in [0.15, 0.2) is 0 Å². The van der Waals surface area contributed by atoms with E-state index in [4.69, 9.17) is 9.05 Å². The molecule has 0 amide bonds. The van der Waals surface area contributed by atoms with Crippen LogP contribution in [0.15, 0.2) is 0 Å². The Labute approximate surface area is 271 Å². The average Bonchev–Trinajstić information content (AvgIpc) is 2.92. The molecule has 39 heavy (non-hydrogen) atoms. The maximum atomic E-state index is 11.8. The van der Waals surface area contributed by atoms with Crippen LogP contribution >= 0.6 is 8.25 Å². The molecular weight excluding hydrogens is 510 g/mol. The smallest absolute Gasteiger partial charge is 1.00 e. The second-order valence-electron chi connectivity index (χ2n) is 11.8. The van der Waals surface area contributed by atoms with Crippen molar-refractivity contribution in [2.75, 3.05) is 13.2 Å². The van der Waals surface area contributed by atoms with E-state index in [1.54, 1.807) is 0 Å². The van der Waals surface area contributed by atoms with Crippen LogP contribution in [-0.4, -0.2) is 13.2 Å². The van der Waals surface area contributed by atoms with Gasteiger partial charge in [-0.15, -0.1) is 9.05 Å². The number of hydrogen-bond donors (Lipinski definition) is 0. The molecule has 0 fully saturated rings. The summed E-state index contributed by atoms with van der Waals surface area (Å²) < 4.78 is 22.6. The Bertz CT molecular complexity index is 457. The molecule has 3 nitrogen and oxygen atoms in total. The van der Waals surface area contributed by atoms with Gasteiger partial charge in [-0.1, -0.05) is 194 Å². The molecule has 0 bridgehead atoms. The summed E-state index contributed by atoms with van der Waals surface area (Å²) in [6.07, 6.45) is 40.7. The van der Waals surface area contributed by atoms with Crippen LogP contribution in [0.25, 0.3) is 0 Å². The van der Waals surface area contributed by atoms with Gasteiger partial charge in [0.05, 0.1) is 0 Å². The fourth-order valence-corrected chi connectivity index (χ4v) is 5.89. The Kier molecular flexibility index (Phi) is 42.2. The average molecular weight is 582 g/mol. The molecule has 0 spiro atoms. The van der Waals surface area contributed by atoms with Crippen LogP contribution in [0.2, 0.25) is 0 Å². The first kappa shape index (κ1) is 42.2. The van der Waals surface area contributed by atoms with Gasteiger partial charge in [0.1, 0.15) is 13.2 Å². The SMILES string of the molecule is CCCCCCCCCCCCCCCCCCO[P+](=O)OCCCCCCCCCCCCCCCC.[H-].[Na+]. The topological polar surface area (TPSA) is 35.5 Å². The van der Waals surface area contributed by atoms with Gasteiger partial charge in [0.25, 0.3) is 0 Å². The molecule has 0 aliphatic carbocycles. The molecule has 0 aliphatic rings. The van der Waals surface area contributed by atoms with Crippen molar-refractivity contribution < 1.29 is 44.6 Å².